The highest BCUT2D eigenvalue weighted by atomic mass is 19.1. The van der Waals surface area contributed by atoms with E-state index in [2.05, 4.69) is 44.0 Å². The number of benzene rings is 1. The number of carbonyl (C=O) groups excluding carboxylic acids is 1. The standard InChI is InChI=1S/C27H28FN7O/c1-33-10-12-35(13-11-33)19-22-7-6-21(15-25(22)28)27(36)32-23-14-20(16-30-17-23)5-8-24-18-31-26(34(24)2)4-3-9-29/h3-4,6-7,9,14-18,29H,10-13,19H2,1-2H3,(H,32,36)/b4-3-,29-9?. The number of nitrogens with zero attached hydrogens (tertiary/aromatic N) is 5. The van der Waals surface area contributed by atoms with Crippen LogP contribution in [0.25, 0.3) is 6.08 Å². The molecule has 0 unspecified atom stereocenters. The summed E-state index contributed by atoms with van der Waals surface area (Å²) >= 11 is 0. The first-order chi connectivity index (χ1) is 17.4. The molecule has 9 heteroatoms. The summed E-state index contributed by atoms with van der Waals surface area (Å²) in [4.78, 5) is 25.6. The average molecular weight is 486 g/mol. The van der Waals surface area contributed by atoms with Crippen LogP contribution < -0.4 is 5.32 Å². The molecule has 0 spiro atoms. The fourth-order valence-corrected chi connectivity index (χ4v) is 3.81. The van der Waals surface area contributed by atoms with Crippen molar-refractivity contribution in [2.45, 2.75) is 6.54 Å². The van der Waals surface area contributed by atoms with E-state index in [0.717, 1.165) is 26.2 Å². The minimum absolute atomic E-state index is 0.242. The van der Waals surface area contributed by atoms with Gasteiger partial charge in [0.2, 0.25) is 0 Å². The van der Waals surface area contributed by atoms with E-state index in [1.54, 1.807) is 42.7 Å². The number of aromatic nitrogens is 3. The van der Waals surface area contributed by atoms with Crippen LogP contribution in [0.3, 0.4) is 0 Å². The van der Waals surface area contributed by atoms with Crippen LogP contribution >= 0.6 is 0 Å². The highest BCUT2D eigenvalue weighted by Gasteiger charge is 2.17. The van der Waals surface area contributed by atoms with Gasteiger partial charge in [-0.2, -0.15) is 0 Å². The highest BCUT2D eigenvalue weighted by molar-refractivity contribution is 6.04. The number of imidazole rings is 1. The molecule has 3 heterocycles. The minimum atomic E-state index is -0.416. The number of amides is 1. The predicted molar refractivity (Wildman–Crippen MR) is 138 cm³/mol. The van der Waals surface area contributed by atoms with E-state index in [1.165, 1.54) is 18.5 Å². The molecule has 0 saturated carbocycles. The summed E-state index contributed by atoms with van der Waals surface area (Å²) in [6.45, 7) is 4.25. The molecule has 184 valence electrons. The number of pyridine rings is 1. The molecule has 0 bridgehead atoms. The minimum Gasteiger partial charge on any atom is -0.321 e. The van der Waals surface area contributed by atoms with Gasteiger partial charge in [-0.3, -0.25) is 14.7 Å². The summed E-state index contributed by atoms with van der Waals surface area (Å²) < 4.78 is 16.6. The van der Waals surface area contributed by atoms with E-state index < -0.39 is 5.91 Å². The zero-order chi connectivity index (χ0) is 25.5. The lowest BCUT2D eigenvalue weighted by Crippen LogP contribution is -2.44. The zero-order valence-electron chi connectivity index (χ0n) is 20.3. The van der Waals surface area contributed by atoms with E-state index in [9.17, 15) is 9.18 Å². The molecule has 1 aromatic carbocycles. The van der Waals surface area contributed by atoms with Gasteiger partial charge in [-0.05, 0) is 43.3 Å². The molecule has 0 aliphatic carbocycles. The topological polar surface area (TPSA) is 90.1 Å². The molecule has 1 saturated heterocycles. The summed E-state index contributed by atoms with van der Waals surface area (Å²) in [6.07, 6.45) is 9.26. The van der Waals surface area contributed by atoms with Crippen molar-refractivity contribution in [1.82, 2.24) is 24.3 Å². The van der Waals surface area contributed by atoms with Crippen LogP contribution in [0.2, 0.25) is 0 Å². The number of hydrogen-bond acceptors (Lipinski definition) is 6. The van der Waals surface area contributed by atoms with Gasteiger partial charge in [0.25, 0.3) is 5.91 Å². The van der Waals surface area contributed by atoms with Crippen LogP contribution in [-0.2, 0) is 13.6 Å². The van der Waals surface area contributed by atoms with Crippen molar-refractivity contribution in [3.8, 4) is 11.8 Å². The molecule has 36 heavy (non-hydrogen) atoms. The van der Waals surface area contributed by atoms with Gasteiger partial charge < -0.3 is 20.2 Å². The lowest BCUT2D eigenvalue weighted by molar-refractivity contribution is 0.102. The van der Waals surface area contributed by atoms with Crippen molar-refractivity contribution in [3.63, 3.8) is 0 Å². The van der Waals surface area contributed by atoms with Gasteiger partial charge in [0, 0.05) is 68.9 Å². The Hall–Kier alpha value is -4.13. The molecule has 4 rings (SSSR count). The largest absolute Gasteiger partial charge is 0.321 e. The Morgan fingerprint density at radius 1 is 1.14 bits per heavy atom. The molecule has 0 radical (unpaired) electrons. The van der Waals surface area contributed by atoms with E-state index in [1.807, 2.05) is 11.6 Å². The molecular formula is C27H28FN7O. The van der Waals surface area contributed by atoms with Crippen molar-refractivity contribution >= 4 is 23.9 Å². The van der Waals surface area contributed by atoms with Crippen molar-refractivity contribution < 1.29 is 9.18 Å². The molecule has 2 N–H and O–H groups in total. The molecule has 8 nitrogen and oxygen atoms in total. The smallest absolute Gasteiger partial charge is 0.255 e. The monoisotopic (exact) mass is 485 g/mol. The molecule has 0 atom stereocenters. The lowest BCUT2D eigenvalue weighted by Gasteiger charge is -2.32. The summed E-state index contributed by atoms with van der Waals surface area (Å²) in [5, 5.41) is 9.85. The number of halogens is 1. The zero-order valence-corrected chi connectivity index (χ0v) is 20.3. The van der Waals surface area contributed by atoms with Crippen LogP contribution in [0.1, 0.15) is 33.0 Å². The first kappa shape index (κ1) is 25.0. The SMILES string of the molecule is CN1CCN(Cc2ccc(C(=O)Nc3cncc(C#Cc4cnc(/C=C\C=N)n4C)c3)cc2F)CC1. The molecule has 2 aromatic heterocycles. The summed E-state index contributed by atoms with van der Waals surface area (Å²) in [5.74, 6) is 5.94. The lowest BCUT2D eigenvalue weighted by atomic mass is 10.1. The Labute approximate surface area is 210 Å². The number of carbonyl (C=O) groups is 1. The van der Waals surface area contributed by atoms with Crippen LogP contribution in [-0.4, -0.2) is 69.7 Å². The summed E-state index contributed by atoms with van der Waals surface area (Å²) in [7, 11) is 3.92. The number of rotatable bonds is 6. The van der Waals surface area contributed by atoms with Gasteiger partial charge in [0.15, 0.2) is 0 Å². The fourth-order valence-electron chi connectivity index (χ4n) is 3.81. The second-order valence-electron chi connectivity index (χ2n) is 8.64. The highest BCUT2D eigenvalue weighted by Crippen LogP contribution is 2.16. The number of hydrogen-bond donors (Lipinski definition) is 2. The van der Waals surface area contributed by atoms with Crippen molar-refractivity contribution in [3.05, 3.63) is 83.0 Å². The maximum absolute atomic E-state index is 14.7. The van der Waals surface area contributed by atoms with Gasteiger partial charge in [0.05, 0.1) is 18.1 Å². The maximum Gasteiger partial charge on any atom is 0.255 e. The Morgan fingerprint density at radius 2 is 1.94 bits per heavy atom. The average Bonchev–Trinajstić information content (AvgIpc) is 3.23. The number of anilines is 1. The van der Waals surface area contributed by atoms with Crippen molar-refractivity contribution in [1.29, 1.82) is 5.41 Å². The summed E-state index contributed by atoms with van der Waals surface area (Å²) in [5.41, 5.74) is 2.60. The second-order valence-corrected chi connectivity index (χ2v) is 8.64. The van der Waals surface area contributed by atoms with Crippen LogP contribution in [0.4, 0.5) is 10.1 Å². The predicted octanol–water partition coefficient (Wildman–Crippen LogP) is 3.02. The van der Waals surface area contributed by atoms with Crippen LogP contribution in [0.15, 0.2) is 48.9 Å². The molecule has 1 amide bonds. The molecule has 1 aliphatic heterocycles. The quantitative estimate of drug-likeness (QED) is 0.414. The van der Waals surface area contributed by atoms with Gasteiger partial charge in [-0.1, -0.05) is 12.0 Å². The van der Waals surface area contributed by atoms with E-state index in [-0.39, 0.29) is 11.4 Å². The first-order valence-corrected chi connectivity index (χ1v) is 11.6. The third-order valence-corrected chi connectivity index (χ3v) is 6.00. The van der Waals surface area contributed by atoms with E-state index in [0.29, 0.717) is 34.9 Å². The third-order valence-electron chi connectivity index (χ3n) is 6.00. The second kappa shape index (κ2) is 11.5. The van der Waals surface area contributed by atoms with Gasteiger partial charge in [0.1, 0.15) is 17.3 Å². The Balaban J connectivity index is 1.41. The molecule has 1 aliphatic rings. The van der Waals surface area contributed by atoms with Crippen LogP contribution in [0.5, 0.6) is 0 Å². The normalized spacial score (nSPS) is 14.4. The Bertz CT molecular complexity index is 1340. The molecule has 3 aromatic rings. The number of nitrogens with one attached hydrogen (secondary N) is 2. The van der Waals surface area contributed by atoms with Gasteiger partial charge in [-0.25, -0.2) is 9.37 Å². The maximum atomic E-state index is 14.7. The number of likely N-dealkylation sites (N-methyl/N-ethyl adjacent to an activating group) is 1. The number of piperazine rings is 1. The molecule has 1 fully saturated rings. The fraction of sp³-hybridized carbons (Fsp3) is 0.259. The Kier molecular flexibility index (Phi) is 8.00. The van der Waals surface area contributed by atoms with Crippen LogP contribution in [0, 0.1) is 23.1 Å². The van der Waals surface area contributed by atoms with Gasteiger partial charge in [-0.15, -0.1) is 0 Å². The first-order valence-electron chi connectivity index (χ1n) is 11.6. The number of allylic oxidation sites excluding steroid dienone is 1. The summed E-state index contributed by atoms with van der Waals surface area (Å²) in [6, 6.07) is 6.32. The third kappa shape index (κ3) is 6.30. The molecular weight excluding hydrogens is 457 g/mol. The van der Waals surface area contributed by atoms with E-state index >= 15 is 0 Å². The van der Waals surface area contributed by atoms with E-state index in [4.69, 9.17) is 5.41 Å². The Morgan fingerprint density at radius 3 is 2.69 bits per heavy atom. The van der Waals surface area contributed by atoms with Crippen molar-refractivity contribution in [2.75, 3.05) is 38.5 Å². The van der Waals surface area contributed by atoms with Gasteiger partial charge >= 0.3 is 0 Å². The van der Waals surface area contributed by atoms with Crippen molar-refractivity contribution in [2.24, 2.45) is 7.05 Å².